The molecule has 0 amide bonds. The summed E-state index contributed by atoms with van der Waals surface area (Å²) < 4.78 is 0. The molecule has 0 aliphatic rings. The number of thioether (sulfide) groups is 1. The van der Waals surface area contributed by atoms with E-state index in [1.165, 1.54) is 11.8 Å². The quantitative estimate of drug-likeness (QED) is 0.551. The van der Waals surface area contributed by atoms with E-state index in [-0.39, 0.29) is 0 Å². The Hall–Kier alpha value is -1.35. The molecule has 1 radical (unpaired) electrons. The van der Waals surface area contributed by atoms with Gasteiger partial charge in [-0.2, -0.15) is 0 Å². The van der Waals surface area contributed by atoms with Gasteiger partial charge in [-0.25, -0.2) is 9.97 Å². The summed E-state index contributed by atoms with van der Waals surface area (Å²) in [5.74, 6) is 0. The number of hydrogen-bond donors (Lipinski definition) is 0. The first-order chi connectivity index (χ1) is 6.90. The van der Waals surface area contributed by atoms with Crippen LogP contribution in [0.5, 0.6) is 0 Å². The van der Waals surface area contributed by atoms with Crippen LogP contribution in [0.2, 0.25) is 0 Å². The second kappa shape index (κ2) is 4.24. The third-order valence-corrected chi connectivity index (χ3v) is 2.29. The van der Waals surface area contributed by atoms with Crippen LogP contribution in [-0.4, -0.2) is 9.97 Å². The van der Waals surface area contributed by atoms with Crippen molar-refractivity contribution in [3.8, 4) is 11.3 Å². The van der Waals surface area contributed by atoms with Crippen LogP contribution in [0.1, 0.15) is 0 Å². The smallest absolute Gasteiger partial charge is 0.188 e. The first-order valence-electron chi connectivity index (χ1n) is 4.20. The van der Waals surface area contributed by atoms with Gasteiger partial charge in [0.25, 0.3) is 0 Å². The summed E-state index contributed by atoms with van der Waals surface area (Å²) in [6.45, 7) is 0. The zero-order valence-electron chi connectivity index (χ0n) is 7.55. The van der Waals surface area contributed by atoms with E-state index in [1.54, 1.807) is 6.20 Å². The number of aromatic nitrogens is 2. The molecule has 2 rings (SSSR count). The minimum Gasteiger partial charge on any atom is -0.231 e. The predicted molar refractivity (Wildman–Crippen MR) is 58.7 cm³/mol. The van der Waals surface area contributed by atoms with Crippen LogP contribution in [0.25, 0.3) is 11.3 Å². The van der Waals surface area contributed by atoms with Gasteiger partial charge in [0, 0.05) is 18.0 Å². The number of hydrogen-bond acceptors (Lipinski definition) is 3. The molecule has 0 unspecified atom stereocenters. The summed E-state index contributed by atoms with van der Waals surface area (Å²) in [4.78, 5) is 8.42. The minimum atomic E-state index is 0.700. The van der Waals surface area contributed by atoms with Crippen LogP contribution in [0.15, 0.2) is 47.8 Å². The Kier molecular flexibility index (Phi) is 2.79. The second-order valence-electron chi connectivity index (χ2n) is 2.73. The molecule has 0 saturated carbocycles. The molecule has 0 bridgehead atoms. The van der Waals surface area contributed by atoms with Crippen LogP contribution in [0.3, 0.4) is 0 Å². The third-order valence-electron chi connectivity index (χ3n) is 1.83. The molecule has 0 atom stereocenters. The summed E-state index contributed by atoms with van der Waals surface area (Å²) in [6, 6.07) is 11.9. The van der Waals surface area contributed by atoms with Crippen molar-refractivity contribution < 1.29 is 0 Å². The van der Waals surface area contributed by atoms with Gasteiger partial charge in [0.15, 0.2) is 5.16 Å². The highest BCUT2D eigenvalue weighted by Gasteiger charge is 1.99. The van der Waals surface area contributed by atoms with E-state index in [0.29, 0.717) is 5.16 Å². The maximum Gasteiger partial charge on any atom is 0.188 e. The summed E-state index contributed by atoms with van der Waals surface area (Å²) >= 11 is 1.31. The highest BCUT2D eigenvalue weighted by atomic mass is 32.2. The fourth-order valence-electron chi connectivity index (χ4n) is 1.18. The fraction of sp³-hybridized carbons (Fsp3) is 0. The molecule has 1 aromatic carbocycles. The van der Waals surface area contributed by atoms with Gasteiger partial charge < -0.3 is 0 Å². The lowest BCUT2D eigenvalue weighted by atomic mass is 10.1. The van der Waals surface area contributed by atoms with Crippen LogP contribution in [0.4, 0.5) is 0 Å². The monoisotopic (exact) mass is 201 g/mol. The topological polar surface area (TPSA) is 25.8 Å². The van der Waals surface area contributed by atoms with Crippen molar-refractivity contribution in [3.05, 3.63) is 48.9 Å². The Bertz CT molecular complexity index is 415. The van der Waals surface area contributed by atoms with Gasteiger partial charge in [0.05, 0.1) is 5.69 Å². The molecular weight excluding hydrogens is 192 g/mol. The van der Waals surface area contributed by atoms with E-state index in [4.69, 9.17) is 0 Å². The van der Waals surface area contributed by atoms with Gasteiger partial charge in [0.2, 0.25) is 0 Å². The molecule has 0 saturated heterocycles. The minimum absolute atomic E-state index is 0.700. The Morgan fingerprint density at radius 2 is 1.86 bits per heavy atom. The van der Waals surface area contributed by atoms with Gasteiger partial charge in [-0.1, -0.05) is 42.1 Å². The van der Waals surface area contributed by atoms with Crippen LogP contribution >= 0.6 is 11.8 Å². The Morgan fingerprint density at radius 3 is 2.57 bits per heavy atom. The van der Waals surface area contributed by atoms with E-state index < -0.39 is 0 Å². The van der Waals surface area contributed by atoms with Crippen molar-refractivity contribution in [2.45, 2.75) is 5.16 Å². The van der Waals surface area contributed by atoms with Gasteiger partial charge in [-0.05, 0) is 6.07 Å². The molecule has 14 heavy (non-hydrogen) atoms. The third kappa shape index (κ3) is 1.93. The van der Waals surface area contributed by atoms with E-state index in [2.05, 4.69) is 16.2 Å². The van der Waals surface area contributed by atoms with Crippen molar-refractivity contribution in [2.75, 3.05) is 0 Å². The van der Waals surface area contributed by atoms with Crippen molar-refractivity contribution in [1.82, 2.24) is 9.97 Å². The first kappa shape index (κ1) is 9.21. The van der Waals surface area contributed by atoms with Crippen LogP contribution < -0.4 is 0 Å². The molecule has 2 nitrogen and oxygen atoms in total. The summed E-state index contributed by atoms with van der Waals surface area (Å²) in [5.41, 5.74) is 2.04. The lowest BCUT2D eigenvalue weighted by Crippen LogP contribution is -1.87. The van der Waals surface area contributed by atoms with Crippen molar-refractivity contribution >= 4 is 11.8 Å². The van der Waals surface area contributed by atoms with Gasteiger partial charge in [-0.15, -0.1) is 0 Å². The number of nitrogens with zero attached hydrogens (tertiary/aromatic N) is 2. The van der Waals surface area contributed by atoms with Gasteiger partial charge in [0.1, 0.15) is 0 Å². The highest BCUT2D eigenvalue weighted by molar-refractivity contribution is 8.00. The van der Waals surface area contributed by atoms with E-state index in [1.807, 2.05) is 36.4 Å². The Balaban J connectivity index is 2.42. The van der Waals surface area contributed by atoms with Crippen LogP contribution in [0, 0.1) is 6.26 Å². The SMILES string of the molecule is [CH2]Sc1nccc(-c2ccccc2)n1. The average molecular weight is 201 g/mol. The lowest BCUT2D eigenvalue weighted by Gasteiger charge is -2.00. The molecule has 2 aromatic rings. The highest BCUT2D eigenvalue weighted by Crippen LogP contribution is 2.18. The molecule has 0 N–H and O–H groups in total. The molecule has 3 heteroatoms. The Labute approximate surface area is 87.4 Å². The number of benzene rings is 1. The zero-order chi connectivity index (χ0) is 9.80. The normalized spacial score (nSPS) is 10.1. The zero-order valence-corrected chi connectivity index (χ0v) is 8.37. The molecule has 0 spiro atoms. The summed E-state index contributed by atoms with van der Waals surface area (Å²) in [7, 11) is 0. The Morgan fingerprint density at radius 1 is 1.07 bits per heavy atom. The first-order valence-corrected chi connectivity index (χ1v) is 5.19. The largest absolute Gasteiger partial charge is 0.231 e. The molecular formula is C11H9N2S. The fourth-order valence-corrected chi connectivity index (χ4v) is 1.48. The molecule has 0 aliphatic heterocycles. The molecule has 0 fully saturated rings. The molecule has 1 aromatic heterocycles. The predicted octanol–water partition coefficient (Wildman–Crippen LogP) is 3.03. The molecule has 1 heterocycles. The van der Waals surface area contributed by atoms with Gasteiger partial charge in [-0.3, -0.25) is 0 Å². The van der Waals surface area contributed by atoms with Crippen molar-refractivity contribution in [1.29, 1.82) is 0 Å². The van der Waals surface area contributed by atoms with Crippen molar-refractivity contribution in [3.63, 3.8) is 0 Å². The van der Waals surface area contributed by atoms with E-state index in [0.717, 1.165) is 11.3 Å². The summed E-state index contributed by atoms with van der Waals surface area (Å²) in [6.07, 6.45) is 5.44. The lowest BCUT2D eigenvalue weighted by molar-refractivity contribution is 0.977. The number of rotatable bonds is 2. The molecule has 69 valence electrons. The van der Waals surface area contributed by atoms with Gasteiger partial charge >= 0.3 is 0 Å². The van der Waals surface area contributed by atoms with Crippen molar-refractivity contribution in [2.24, 2.45) is 0 Å². The standard InChI is InChI=1S/C11H9N2S/c1-14-11-12-8-7-10(13-11)9-5-3-2-4-6-9/h2-8H,1H2. The van der Waals surface area contributed by atoms with E-state index >= 15 is 0 Å². The maximum atomic E-state index is 4.35. The molecule has 0 aliphatic carbocycles. The average Bonchev–Trinajstić information content (AvgIpc) is 2.30. The van der Waals surface area contributed by atoms with E-state index in [9.17, 15) is 0 Å². The second-order valence-corrected chi connectivity index (χ2v) is 3.39. The maximum absolute atomic E-state index is 4.35. The van der Waals surface area contributed by atoms with Crippen LogP contribution in [-0.2, 0) is 0 Å². The summed E-state index contributed by atoms with van der Waals surface area (Å²) in [5, 5.41) is 0.700.